The van der Waals surface area contributed by atoms with Crippen molar-refractivity contribution in [2.45, 2.75) is 19.0 Å². The summed E-state index contributed by atoms with van der Waals surface area (Å²) in [7, 11) is 0. The summed E-state index contributed by atoms with van der Waals surface area (Å²) >= 11 is 0.884. The quantitative estimate of drug-likeness (QED) is 0.772. The summed E-state index contributed by atoms with van der Waals surface area (Å²) in [4.78, 5) is 13.4. The number of hydrogen-bond acceptors (Lipinski definition) is 4. The molecule has 0 N–H and O–H groups in total. The number of halogens is 5. The van der Waals surface area contributed by atoms with E-state index in [2.05, 4.69) is 9.68 Å². The smallest absolute Gasteiger partial charge is 0.351 e. The fraction of sp³-hybridized carbons (Fsp3) is 0.385. The van der Waals surface area contributed by atoms with Crippen molar-refractivity contribution in [3.63, 3.8) is 0 Å². The molecule has 10 heteroatoms. The molecular weight excluding hydrogens is 343 g/mol. The van der Waals surface area contributed by atoms with Crippen molar-refractivity contribution in [2.75, 3.05) is 13.1 Å². The van der Waals surface area contributed by atoms with E-state index >= 15 is 0 Å². The van der Waals surface area contributed by atoms with Gasteiger partial charge in [0.2, 0.25) is 5.76 Å². The van der Waals surface area contributed by atoms with E-state index in [0.717, 1.165) is 16.2 Å². The molecule has 1 saturated heterocycles. The Bertz CT molecular complexity index is 757. The minimum absolute atomic E-state index is 0.0182. The lowest BCUT2D eigenvalue weighted by atomic mass is 10.1. The van der Waals surface area contributed by atoms with Crippen LogP contribution in [0.1, 0.15) is 21.0 Å². The third kappa shape index (κ3) is 2.82. The summed E-state index contributed by atoms with van der Waals surface area (Å²) in [5.74, 6) is -4.65. The average molecular weight is 352 g/mol. The summed E-state index contributed by atoms with van der Waals surface area (Å²) < 4.78 is 67.9. The van der Waals surface area contributed by atoms with Gasteiger partial charge in [-0.25, -0.2) is 8.78 Å². The van der Waals surface area contributed by atoms with E-state index in [9.17, 15) is 26.7 Å². The minimum Gasteiger partial charge on any atom is -0.351 e. The molecule has 0 atom stereocenters. The van der Waals surface area contributed by atoms with E-state index in [0.29, 0.717) is 4.88 Å². The van der Waals surface area contributed by atoms with Gasteiger partial charge in [0.05, 0.1) is 22.8 Å². The molecule has 0 bridgehead atoms. The van der Waals surface area contributed by atoms with Gasteiger partial charge in [-0.3, -0.25) is 4.79 Å². The van der Waals surface area contributed by atoms with Crippen molar-refractivity contribution >= 4 is 17.2 Å². The van der Waals surface area contributed by atoms with Gasteiger partial charge >= 0.3 is 6.18 Å². The lowest BCUT2D eigenvalue weighted by Crippen LogP contribution is -2.58. The second-order valence-electron chi connectivity index (χ2n) is 5.16. The van der Waals surface area contributed by atoms with Crippen molar-refractivity contribution in [1.29, 1.82) is 0 Å². The minimum atomic E-state index is -4.66. The van der Waals surface area contributed by atoms with Crippen LogP contribution in [-0.2, 0) is 6.18 Å². The summed E-state index contributed by atoms with van der Waals surface area (Å²) in [6.07, 6.45) is -4.66. The van der Waals surface area contributed by atoms with Crippen LogP contribution in [0, 0.1) is 6.92 Å². The SMILES string of the molecule is Cc1c(-c2ccc(C(=O)N3CC(F)(F)C3)s2)noc1C(F)(F)F. The fourth-order valence-corrected chi connectivity index (χ4v) is 3.23. The Kier molecular flexibility index (Phi) is 3.47. The number of likely N-dealkylation sites (tertiary alicyclic amines) is 1. The summed E-state index contributed by atoms with van der Waals surface area (Å²) in [5.41, 5.74) is -0.204. The van der Waals surface area contributed by atoms with Crippen molar-refractivity contribution in [1.82, 2.24) is 10.1 Å². The first-order valence-electron chi connectivity index (χ1n) is 6.39. The van der Waals surface area contributed by atoms with Crippen LogP contribution in [0.25, 0.3) is 10.6 Å². The molecule has 2 aromatic heterocycles. The highest BCUT2D eigenvalue weighted by molar-refractivity contribution is 7.17. The number of thiophene rings is 1. The van der Waals surface area contributed by atoms with Gasteiger partial charge in [-0.15, -0.1) is 11.3 Å². The highest BCUT2D eigenvalue weighted by atomic mass is 32.1. The zero-order chi connectivity index (χ0) is 17.0. The van der Waals surface area contributed by atoms with Crippen LogP contribution in [0.5, 0.6) is 0 Å². The molecule has 23 heavy (non-hydrogen) atoms. The molecule has 1 amide bonds. The van der Waals surface area contributed by atoms with Gasteiger partial charge in [0.25, 0.3) is 11.8 Å². The Morgan fingerprint density at radius 1 is 1.35 bits per heavy atom. The first kappa shape index (κ1) is 15.9. The first-order chi connectivity index (χ1) is 10.6. The van der Waals surface area contributed by atoms with Crippen molar-refractivity contribution in [3.05, 3.63) is 28.3 Å². The standard InChI is InChI=1S/C13H9F5N2O2S/c1-6-9(19-22-10(6)13(16,17)18)7-2-3-8(23-7)11(21)20-4-12(14,15)5-20/h2-3H,4-5H2,1H3. The third-order valence-corrected chi connectivity index (χ3v) is 4.44. The molecule has 3 heterocycles. The molecule has 0 saturated carbocycles. The Hall–Kier alpha value is -1.97. The summed E-state index contributed by atoms with van der Waals surface area (Å²) in [6, 6.07) is 2.79. The monoisotopic (exact) mass is 352 g/mol. The molecule has 1 aliphatic rings. The van der Waals surface area contributed by atoms with Gasteiger partial charge < -0.3 is 9.42 Å². The predicted octanol–water partition coefficient (Wildman–Crippen LogP) is 3.82. The maximum absolute atomic E-state index is 12.8. The molecule has 0 aromatic carbocycles. The van der Waals surface area contributed by atoms with E-state index in [4.69, 9.17) is 0 Å². The molecular formula is C13H9F5N2O2S. The lowest BCUT2D eigenvalue weighted by molar-refractivity contribution is -0.156. The second-order valence-corrected chi connectivity index (χ2v) is 6.25. The fourth-order valence-electron chi connectivity index (χ4n) is 2.22. The number of hydrogen-bond donors (Lipinski definition) is 0. The first-order valence-corrected chi connectivity index (χ1v) is 7.21. The van der Waals surface area contributed by atoms with Crippen LogP contribution in [0.15, 0.2) is 16.7 Å². The molecule has 2 aromatic rings. The molecule has 1 fully saturated rings. The largest absolute Gasteiger partial charge is 0.452 e. The summed E-state index contributed by atoms with van der Waals surface area (Å²) in [6.45, 7) is -0.0909. The second kappa shape index (κ2) is 5.02. The van der Waals surface area contributed by atoms with Crippen LogP contribution < -0.4 is 0 Å². The van der Waals surface area contributed by atoms with Crippen molar-refractivity contribution < 1.29 is 31.3 Å². The maximum Gasteiger partial charge on any atom is 0.452 e. The highest BCUT2D eigenvalue weighted by Crippen LogP contribution is 2.38. The maximum atomic E-state index is 12.8. The zero-order valence-corrected chi connectivity index (χ0v) is 12.4. The van der Waals surface area contributed by atoms with Gasteiger partial charge in [-0.1, -0.05) is 5.16 Å². The number of nitrogens with zero attached hydrogens (tertiary/aromatic N) is 2. The number of rotatable bonds is 2. The molecule has 0 unspecified atom stereocenters. The zero-order valence-electron chi connectivity index (χ0n) is 11.6. The van der Waals surface area contributed by atoms with Gasteiger partial charge in [0.15, 0.2) is 0 Å². The Morgan fingerprint density at radius 3 is 2.52 bits per heavy atom. The molecule has 0 radical (unpaired) electrons. The third-order valence-electron chi connectivity index (χ3n) is 3.36. The average Bonchev–Trinajstić information content (AvgIpc) is 3.00. The van der Waals surface area contributed by atoms with Crippen LogP contribution in [-0.4, -0.2) is 35.0 Å². The van der Waals surface area contributed by atoms with Gasteiger partial charge in [-0.05, 0) is 19.1 Å². The van der Waals surface area contributed by atoms with E-state index in [1.54, 1.807) is 0 Å². The molecule has 3 rings (SSSR count). The Morgan fingerprint density at radius 2 is 2.00 bits per heavy atom. The molecule has 1 aliphatic heterocycles. The lowest BCUT2D eigenvalue weighted by Gasteiger charge is -2.38. The van der Waals surface area contributed by atoms with Crippen molar-refractivity contribution in [2.24, 2.45) is 0 Å². The Labute approximate surface area is 130 Å². The Balaban J connectivity index is 1.83. The summed E-state index contributed by atoms with van der Waals surface area (Å²) in [5, 5.41) is 3.40. The van der Waals surface area contributed by atoms with Crippen LogP contribution >= 0.6 is 11.3 Å². The van der Waals surface area contributed by atoms with Crippen molar-refractivity contribution in [3.8, 4) is 10.6 Å². The van der Waals surface area contributed by atoms with Crippen LogP contribution in [0.2, 0.25) is 0 Å². The van der Waals surface area contributed by atoms with Crippen LogP contribution in [0.3, 0.4) is 0 Å². The number of alkyl halides is 5. The van der Waals surface area contributed by atoms with Gasteiger partial charge in [0.1, 0.15) is 5.69 Å². The van der Waals surface area contributed by atoms with E-state index < -0.39 is 36.9 Å². The normalized spacial score (nSPS) is 17.2. The molecule has 4 nitrogen and oxygen atoms in total. The van der Waals surface area contributed by atoms with E-state index in [1.807, 2.05) is 0 Å². The highest BCUT2D eigenvalue weighted by Gasteiger charge is 2.46. The number of aromatic nitrogens is 1. The topological polar surface area (TPSA) is 46.3 Å². The van der Waals surface area contributed by atoms with Crippen LogP contribution in [0.4, 0.5) is 22.0 Å². The van der Waals surface area contributed by atoms with Gasteiger partial charge in [-0.2, -0.15) is 13.2 Å². The van der Waals surface area contributed by atoms with Gasteiger partial charge in [0, 0.05) is 5.56 Å². The predicted molar refractivity (Wildman–Crippen MR) is 70.4 cm³/mol. The molecule has 0 aliphatic carbocycles. The van der Waals surface area contributed by atoms with E-state index in [1.165, 1.54) is 19.1 Å². The molecule has 0 spiro atoms. The number of carbonyl (C=O) groups is 1. The molecule has 124 valence electrons. The van der Waals surface area contributed by atoms with E-state index in [-0.39, 0.29) is 16.1 Å². The number of carbonyl (C=O) groups excluding carboxylic acids is 1. The number of amides is 1.